The van der Waals surface area contributed by atoms with E-state index in [1.54, 1.807) is 17.5 Å². The summed E-state index contributed by atoms with van der Waals surface area (Å²) in [6, 6.07) is 9.14. The third-order valence-corrected chi connectivity index (χ3v) is 8.38. The minimum absolute atomic E-state index is 0.0340. The van der Waals surface area contributed by atoms with Gasteiger partial charge in [-0.25, -0.2) is 8.42 Å². The number of nitrogens with one attached hydrogen (secondary N) is 2. The number of hydrogen-bond donors (Lipinski definition) is 2. The number of benzene rings is 1. The molecule has 0 saturated carbocycles. The summed E-state index contributed by atoms with van der Waals surface area (Å²) in [7, 11) is -3.41. The summed E-state index contributed by atoms with van der Waals surface area (Å²) in [6.45, 7) is 7.96. The summed E-state index contributed by atoms with van der Waals surface area (Å²) in [5, 5.41) is 4.79. The molecule has 1 amide bonds. The Morgan fingerprint density at radius 3 is 2.56 bits per heavy atom. The molecule has 3 rings (SSSR count). The maximum absolute atomic E-state index is 12.7. The van der Waals surface area contributed by atoms with Gasteiger partial charge in [0.05, 0.1) is 26.2 Å². The predicted molar refractivity (Wildman–Crippen MR) is 108 cm³/mol. The van der Waals surface area contributed by atoms with E-state index in [0.29, 0.717) is 30.4 Å². The zero-order valence-electron chi connectivity index (χ0n) is 15.9. The summed E-state index contributed by atoms with van der Waals surface area (Å²) in [5.41, 5.74) is 2.97. The summed E-state index contributed by atoms with van der Waals surface area (Å²) in [6.07, 6.45) is 0. The van der Waals surface area contributed by atoms with Crippen molar-refractivity contribution in [2.45, 2.75) is 31.0 Å². The Hall–Kier alpha value is -1.74. The quantitative estimate of drug-likeness (QED) is 0.783. The molecule has 0 unspecified atom stereocenters. The second kappa shape index (κ2) is 8.10. The average Bonchev–Trinajstić information content (AvgIpc) is 3.20. The zero-order valence-corrected chi connectivity index (χ0v) is 17.5. The molecule has 0 aliphatic carbocycles. The van der Waals surface area contributed by atoms with Crippen LogP contribution in [0.4, 0.5) is 5.69 Å². The van der Waals surface area contributed by atoms with Crippen molar-refractivity contribution >= 4 is 33.0 Å². The van der Waals surface area contributed by atoms with E-state index in [4.69, 9.17) is 0 Å². The number of aryl methyl sites for hydroxylation is 2. The van der Waals surface area contributed by atoms with Crippen LogP contribution in [0.1, 0.15) is 18.1 Å². The second-order valence-electron chi connectivity index (χ2n) is 7.02. The number of carbonyl (C=O) groups excluding carboxylic acids is 1. The molecule has 1 aliphatic heterocycles. The van der Waals surface area contributed by atoms with Gasteiger partial charge in [0.15, 0.2) is 6.04 Å². The number of rotatable bonds is 5. The number of hydrogen-bond acceptors (Lipinski definition) is 4. The normalized spacial score (nSPS) is 17.6. The first-order valence-corrected chi connectivity index (χ1v) is 11.4. The molecule has 146 valence electrons. The molecular weight excluding hydrogens is 382 g/mol. The lowest BCUT2D eigenvalue weighted by Crippen LogP contribution is -3.19. The lowest BCUT2D eigenvalue weighted by molar-refractivity contribution is -0.917. The van der Waals surface area contributed by atoms with Crippen molar-refractivity contribution in [1.82, 2.24) is 4.31 Å². The molecule has 1 aliphatic rings. The lowest BCUT2D eigenvalue weighted by Gasteiger charge is -2.34. The first kappa shape index (κ1) is 20.0. The smallest absolute Gasteiger partial charge is 0.282 e. The van der Waals surface area contributed by atoms with E-state index >= 15 is 0 Å². The molecule has 0 bridgehead atoms. The van der Waals surface area contributed by atoms with Crippen molar-refractivity contribution in [1.29, 1.82) is 0 Å². The van der Waals surface area contributed by atoms with Crippen LogP contribution in [-0.2, 0) is 14.8 Å². The highest BCUT2D eigenvalue weighted by Gasteiger charge is 2.34. The number of anilines is 1. The topological polar surface area (TPSA) is 70.9 Å². The molecule has 6 nitrogen and oxygen atoms in total. The van der Waals surface area contributed by atoms with Gasteiger partial charge in [-0.15, -0.1) is 11.3 Å². The van der Waals surface area contributed by atoms with Crippen LogP contribution < -0.4 is 10.2 Å². The van der Waals surface area contributed by atoms with E-state index < -0.39 is 10.0 Å². The molecule has 2 heterocycles. The van der Waals surface area contributed by atoms with Gasteiger partial charge in [0.25, 0.3) is 15.9 Å². The van der Waals surface area contributed by atoms with Crippen LogP contribution in [0.15, 0.2) is 39.9 Å². The van der Waals surface area contributed by atoms with Crippen molar-refractivity contribution in [3.05, 3.63) is 46.8 Å². The number of thiophene rings is 1. The van der Waals surface area contributed by atoms with Crippen molar-refractivity contribution in [2.24, 2.45) is 0 Å². The van der Waals surface area contributed by atoms with E-state index in [0.717, 1.165) is 21.7 Å². The van der Waals surface area contributed by atoms with Gasteiger partial charge in [0.2, 0.25) is 0 Å². The zero-order chi connectivity index (χ0) is 19.6. The van der Waals surface area contributed by atoms with Crippen molar-refractivity contribution in [2.75, 3.05) is 31.5 Å². The minimum atomic E-state index is -3.41. The van der Waals surface area contributed by atoms with Gasteiger partial charge in [0.1, 0.15) is 4.21 Å². The summed E-state index contributed by atoms with van der Waals surface area (Å²) in [4.78, 5) is 13.8. The number of nitrogens with zero attached hydrogens (tertiary/aromatic N) is 1. The van der Waals surface area contributed by atoms with Gasteiger partial charge in [-0.2, -0.15) is 4.31 Å². The van der Waals surface area contributed by atoms with Gasteiger partial charge in [-0.3, -0.25) is 4.79 Å². The molecule has 2 N–H and O–H groups in total. The van der Waals surface area contributed by atoms with Gasteiger partial charge in [0, 0.05) is 5.69 Å². The standard InChI is InChI=1S/C19H25N3O3S2/c1-14-6-7-15(2)17(13-14)20-19(23)16(3)21-8-10-22(11-9-21)27(24,25)18-5-4-12-26-18/h4-7,12-13,16H,8-11H2,1-3H3,(H,20,23)/p+1/t16-/m1/s1. The highest BCUT2D eigenvalue weighted by Crippen LogP contribution is 2.20. The molecule has 2 aromatic rings. The molecule has 8 heteroatoms. The van der Waals surface area contributed by atoms with Crippen molar-refractivity contribution in [3.63, 3.8) is 0 Å². The average molecular weight is 409 g/mol. The molecule has 1 aromatic heterocycles. The predicted octanol–water partition coefficient (Wildman–Crippen LogP) is 1.28. The van der Waals surface area contributed by atoms with E-state index in [1.807, 2.05) is 39.0 Å². The van der Waals surface area contributed by atoms with Crippen LogP contribution in [0.2, 0.25) is 0 Å². The second-order valence-corrected chi connectivity index (χ2v) is 10.1. The van der Waals surface area contributed by atoms with Crippen LogP contribution in [-0.4, -0.2) is 50.9 Å². The molecule has 1 atom stereocenters. The number of carbonyl (C=O) groups is 1. The van der Waals surface area contributed by atoms with Crippen LogP contribution in [0.3, 0.4) is 0 Å². The Kier molecular flexibility index (Phi) is 6.00. The number of quaternary nitrogens is 1. The maximum Gasteiger partial charge on any atom is 0.282 e. The Morgan fingerprint density at radius 1 is 1.22 bits per heavy atom. The Labute approximate surface area is 164 Å². The van der Waals surface area contributed by atoms with E-state index in [-0.39, 0.29) is 11.9 Å². The fourth-order valence-corrected chi connectivity index (χ4v) is 5.87. The third-order valence-electron chi connectivity index (χ3n) is 5.11. The minimum Gasteiger partial charge on any atom is -0.323 e. The Morgan fingerprint density at radius 2 is 1.93 bits per heavy atom. The van der Waals surface area contributed by atoms with Crippen LogP contribution in [0, 0.1) is 13.8 Å². The van der Waals surface area contributed by atoms with Gasteiger partial charge >= 0.3 is 0 Å². The van der Waals surface area contributed by atoms with Crippen molar-refractivity contribution in [3.8, 4) is 0 Å². The van der Waals surface area contributed by atoms with Gasteiger partial charge in [-0.1, -0.05) is 18.2 Å². The molecule has 0 radical (unpaired) electrons. The summed E-state index contributed by atoms with van der Waals surface area (Å²) in [5.74, 6) is -0.0340. The number of sulfonamides is 1. The highest BCUT2D eigenvalue weighted by atomic mass is 32.2. The molecule has 1 fully saturated rings. The Bertz CT molecular complexity index is 902. The van der Waals surface area contributed by atoms with Crippen LogP contribution in [0.25, 0.3) is 0 Å². The molecule has 1 saturated heterocycles. The van der Waals surface area contributed by atoms with Crippen LogP contribution in [0.5, 0.6) is 0 Å². The molecule has 0 spiro atoms. The molecular formula is C19H26N3O3S2+. The lowest BCUT2D eigenvalue weighted by atomic mass is 10.1. The fourth-order valence-electron chi connectivity index (χ4n) is 3.28. The molecule has 27 heavy (non-hydrogen) atoms. The molecule has 1 aromatic carbocycles. The first-order valence-electron chi connectivity index (χ1n) is 9.05. The van der Waals surface area contributed by atoms with E-state index in [9.17, 15) is 13.2 Å². The summed E-state index contributed by atoms with van der Waals surface area (Å²) < 4.78 is 27.1. The van der Waals surface area contributed by atoms with E-state index in [1.165, 1.54) is 15.6 Å². The van der Waals surface area contributed by atoms with Gasteiger partial charge < -0.3 is 10.2 Å². The first-order chi connectivity index (χ1) is 12.8. The monoisotopic (exact) mass is 408 g/mol. The third kappa shape index (κ3) is 4.40. The number of amides is 1. The fraction of sp³-hybridized carbons (Fsp3) is 0.421. The highest BCUT2D eigenvalue weighted by molar-refractivity contribution is 7.91. The SMILES string of the molecule is Cc1ccc(C)c(NC(=O)[C@@H](C)[NH+]2CCN(S(=O)(=O)c3cccs3)CC2)c1. The van der Waals surface area contributed by atoms with Crippen molar-refractivity contribution < 1.29 is 18.1 Å². The van der Waals surface area contributed by atoms with Gasteiger partial charge in [-0.05, 0) is 49.4 Å². The van der Waals surface area contributed by atoms with Crippen LogP contribution >= 0.6 is 11.3 Å². The number of piperazine rings is 1. The largest absolute Gasteiger partial charge is 0.323 e. The maximum atomic E-state index is 12.7. The summed E-state index contributed by atoms with van der Waals surface area (Å²) >= 11 is 1.24. The Balaban J connectivity index is 1.60. The van der Waals surface area contributed by atoms with E-state index in [2.05, 4.69) is 5.32 Å².